The van der Waals surface area contributed by atoms with Crippen molar-refractivity contribution < 1.29 is 4.74 Å². The molecule has 0 spiro atoms. The molecule has 1 aliphatic heterocycles. The maximum absolute atomic E-state index is 5.97. The summed E-state index contributed by atoms with van der Waals surface area (Å²) in [6.45, 7) is 8.46. The number of morpholine rings is 1. The molecule has 2 atom stereocenters. The van der Waals surface area contributed by atoms with Crippen LogP contribution in [0.25, 0.3) is 10.9 Å². The van der Waals surface area contributed by atoms with Crippen LogP contribution in [0.1, 0.15) is 19.5 Å². The third-order valence-corrected chi connectivity index (χ3v) is 4.17. The van der Waals surface area contributed by atoms with Crippen LogP contribution in [0.3, 0.4) is 0 Å². The van der Waals surface area contributed by atoms with Gasteiger partial charge in [0.1, 0.15) is 0 Å². The highest BCUT2D eigenvalue weighted by Crippen LogP contribution is 2.21. The van der Waals surface area contributed by atoms with E-state index >= 15 is 0 Å². The van der Waals surface area contributed by atoms with Crippen molar-refractivity contribution in [1.29, 1.82) is 0 Å². The van der Waals surface area contributed by atoms with Gasteiger partial charge in [0.15, 0.2) is 0 Å². The molecule has 2 aromatic rings. The molecular weight excluding hydrogens is 264 g/mol. The summed E-state index contributed by atoms with van der Waals surface area (Å²) in [4.78, 5) is 2.40. The molecule has 0 amide bonds. The number of rotatable bonds is 4. The second-order valence-corrected chi connectivity index (χ2v) is 5.78. The Labute approximate surface area is 125 Å². The Kier molecular flexibility index (Phi) is 4.24. The Balaban J connectivity index is 1.81. The van der Waals surface area contributed by atoms with Gasteiger partial charge in [-0.15, -0.1) is 0 Å². The van der Waals surface area contributed by atoms with E-state index in [-0.39, 0.29) is 12.1 Å². The number of ether oxygens (including phenoxy) is 1. The monoisotopic (exact) mass is 288 g/mol. The minimum atomic E-state index is 0.0674. The van der Waals surface area contributed by atoms with Gasteiger partial charge in [0.05, 0.1) is 23.9 Å². The summed E-state index contributed by atoms with van der Waals surface area (Å²) < 4.78 is 7.81. The van der Waals surface area contributed by atoms with E-state index in [2.05, 4.69) is 40.8 Å². The number of benzene rings is 1. The largest absolute Gasteiger partial charge is 0.374 e. The van der Waals surface area contributed by atoms with Gasteiger partial charge in [-0.2, -0.15) is 5.10 Å². The van der Waals surface area contributed by atoms with E-state index in [4.69, 9.17) is 15.6 Å². The van der Waals surface area contributed by atoms with Crippen molar-refractivity contribution in [1.82, 2.24) is 14.7 Å². The quantitative estimate of drug-likeness (QED) is 0.928. The molecule has 114 valence electrons. The predicted octanol–water partition coefficient (Wildman–Crippen LogP) is 1.60. The molecule has 5 heteroatoms. The second-order valence-electron chi connectivity index (χ2n) is 5.78. The molecule has 21 heavy (non-hydrogen) atoms. The van der Waals surface area contributed by atoms with E-state index in [1.165, 1.54) is 10.9 Å². The van der Waals surface area contributed by atoms with Crippen LogP contribution in [0.5, 0.6) is 0 Å². The van der Waals surface area contributed by atoms with Crippen molar-refractivity contribution >= 4 is 10.9 Å². The Hall–Kier alpha value is -1.43. The summed E-state index contributed by atoms with van der Waals surface area (Å²) in [6, 6.07) is 8.52. The molecule has 1 aliphatic rings. The Morgan fingerprint density at radius 3 is 3.00 bits per heavy atom. The fourth-order valence-electron chi connectivity index (χ4n) is 2.96. The van der Waals surface area contributed by atoms with E-state index in [0.717, 1.165) is 38.5 Å². The van der Waals surface area contributed by atoms with Crippen LogP contribution in [-0.4, -0.2) is 46.5 Å². The fourth-order valence-corrected chi connectivity index (χ4v) is 2.96. The Morgan fingerprint density at radius 1 is 1.43 bits per heavy atom. The van der Waals surface area contributed by atoms with Crippen molar-refractivity contribution in [2.75, 3.05) is 19.7 Å². The van der Waals surface area contributed by atoms with E-state index in [0.29, 0.717) is 0 Å². The number of nitrogens with zero attached hydrogens (tertiary/aromatic N) is 3. The summed E-state index contributed by atoms with van der Waals surface area (Å²) in [5, 5.41) is 6.03. The maximum Gasteiger partial charge on any atom is 0.0850 e. The topological polar surface area (TPSA) is 56.3 Å². The van der Waals surface area contributed by atoms with Crippen molar-refractivity contribution in [3.8, 4) is 0 Å². The first-order valence-electron chi connectivity index (χ1n) is 7.73. The smallest absolute Gasteiger partial charge is 0.0850 e. The average molecular weight is 288 g/mol. The third-order valence-electron chi connectivity index (χ3n) is 4.17. The summed E-state index contributed by atoms with van der Waals surface area (Å²) in [6.07, 6.45) is 0.123. The summed E-state index contributed by atoms with van der Waals surface area (Å²) in [5.41, 5.74) is 8.33. The normalized spacial score (nSPS) is 21.8. The number of para-hydroxylation sites is 1. The number of nitrogens with two attached hydrogens (primary N) is 1. The van der Waals surface area contributed by atoms with Gasteiger partial charge in [-0.05, 0) is 19.9 Å². The Morgan fingerprint density at radius 2 is 2.24 bits per heavy atom. The number of hydrogen-bond donors (Lipinski definition) is 1. The molecule has 2 N–H and O–H groups in total. The lowest BCUT2D eigenvalue weighted by Crippen LogP contribution is -2.49. The van der Waals surface area contributed by atoms with Crippen LogP contribution in [-0.2, 0) is 17.8 Å². The van der Waals surface area contributed by atoms with Gasteiger partial charge in [0, 0.05) is 37.6 Å². The summed E-state index contributed by atoms with van der Waals surface area (Å²) in [5.74, 6) is 0. The molecule has 1 aromatic carbocycles. The first-order chi connectivity index (χ1) is 10.2. The molecule has 2 heterocycles. The molecule has 0 saturated carbocycles. The highest BCUT2D eigenvalue weighted by atomic mass is 16.5. The van der Waals surface area contributed by atoms with Gasteiger partial charge in [0.25, 0.3) is 0 Å². The highest BCUT2D eigenvalue weighted by Gasteiger charge is 2.24. The van der Waals surface area contributed by atoms with Crippen molar-refractivity contribution in [3.63, 3.8) is 0 Å². The average Bonchev–Trinajstić information content (AvgIpc) is 2.86. The Bertz CT molecular complexity index is 607. The maximum atomic E-state index is 5.97. The highest BCUT2D eigenvalue weighted by molar-refractivity contribution is 5.81. The number of hydrogen-bond acceptors (Lipinski definition) is 4. The molecule has 5 nitrogen and oxygen atoms in total. The molecule has 1 saturated heterocycles. The number of fused-ring (bicyclic) bond motifs is 1. The lowest BCUT2D eigenvalue weighted by molar-refractivity contribution is -0.0406. The van der Waals surface area contributed by atoms with Gasteiger partial charge in [-0.1, -0.05) is 18.2 Å². The van der Waals surface area contributed by atoms with Gasteiger partial charge in [0.2, 0.25) is 0 Å². The van der Waals surface area contributed by atoms with E-state index < -0.39 is 0 Å². The third kappa shape index (κ3) is 2.95. The van der Waals surface area contributed by atoms with Crippen LogP contribution in [0, 0.1) is 0 Å². The van der Waals surface area contributed by atoms with E-state index in [1.54, 1.807) is 0 Å². The number of aryl methyl sites for hydroxylation is 1. The first-order valence-corrected chi connectivity index (χ1v) is 7.73. The van der Waals surface area contributed by atoms with Gasteiger partial charge in [-0.3, -0.25) is 9.58 Å². The van der Waals surface area contributed by atoms with Gasteiger partial charge < -0.3 is 10.5 Å². The van der Waals surface area contributed by atoms with Crippen LogP contribution in [0.15, 0.2) is 24.3 Å². The molecule has 1 fully saturated rings. The van der Waals surface area contributed by atoms with Crippen LogP contribution < -0.4 is 5.73 Å². The van der Waals surface area contributed by atoms with E-state index in [9.17, 15) is 0 Å². The fraction of sp³-hybridized carbons (Fsp3) is 0.562. The number of aromatic nitrogens is 2. The van der Waals surface area contributed by atoms with Crippen LogP contribution >= 0.6 is 0 Å². The van der Waals surface area contributed by atoms with Crippen molar-refractivity contribution in [2.45, 2.75) is 39.1 Å². The minimum Gasteiger partial charge on any atom is -0.374 e. The van der Waals surface area contributed by atoms with Crippen molar-refractivity contribution in [3.05, 3.63) is 30.0 Å². The summed E-state index contributed by atoms with van der Waals surface area (Å²) >= 11 is 0. The van der Waals surface area contributed by atoms with Gasteiger partial charge >= 0.3 is 0 Å². The second kappa shape index (κ2) is 6.13. The summed E-state index contributed by atoms with van der Waals surface area (Å²) in [7, 11) is 0. The zero-order valence-electron chi connectivity index (χ0n) is 12.8. The lowest BCUT2D eigenvalue weighted by atomic mass is 10.1. The molecule has 0 bridgehead atoms. The molecule has 2 unspecified atom stereocenters. The first kappa shape index (κ1) is 14.5. The molecule has 0 radical (unpaired) electrons. The zero-order valence-corrected chi connectivity index (χ0v) is 12.8. The molecule has 1 aromatic heterocycles. The van der Waals surface area contributed by atoms with Gasteiger partial charge in [-0.25, -0.2) is 0 Å². The predicted molar refractivity (Wildman–Crippen MR) is 84.1 cm³/mol. The molecular formula is C16H24N4O. The molecule has 0 aliphatic carbocycles. The molecule has 3 rings (SSSR count). The SMILES string of the molecule is CCn1nc(CN2CCOC(C(C)N)C2)c2ccccc21. The standard InChI is InChI=1S/C16H24N4O/c1-3-20-15-7-5-4-6-13(15)14(18-20)10-19-8-9-21-16(11-19)12(2)17/h4-7,12,16H,3,8-11,17H2,1-2H3. The zero-order chi connectivity index (χ0) is 14.8. The van der Waals surface area contributed by atoms with Crippen LogP contribution in [0.2, 0.25) is 0 Å². The minimum absolute atomic E-state index is 0.0674. The van der Waals surface area contributed by atoms with E-state index in [1.807, 2.05) is 6.92 Å². The van der Waals surface area contributed by atoms with Crippen LogP contribution in [0.4, 0.5) is 0 Å². The lowest BCUT2D eigenvalue weighted by Gasteiger charge is -2.34. The van der Waals surface area contributed by atoms with Crippen molar-refractivity contribution in [2.24, 2.45) is 5.73 Å².